The van der Waals surface area contributed by atoms with E-state index in [9.17, 15) is 0 Å². The van der Waals surface area contributed by atoms with Crippen molar-refractivity contribution in [3.8, 4) is 0 Å². The van der Waals surface area contributed by atoms with Gasteiger partial charge >= 0.3 is 0 Å². The summed E-state index contributed by atoms with van der Waals surface area (Å²) in [6.07, 6.45) is 5.50. The molecule has 1 aromatic heterocycles. The number of anilines is 1. The molecule has 0 saturated carbocycles. The van der Waals surface area contributed by atoms with Gasteiger partial charge in [-0.05, 0) is 54.7 Å². The summed E-state index contributed by atoms with van der Waals surface area (Å²) in [4.78, 5) is 11.0. The Hall–Kier alpha value is -1.88. The van der Waals surface area contributed by atoms with Crippen LogP contribution in [0.15, 0.2) is 54.9 Å². The van der Waals surface area contributed by atoms with Crippen molar-refractivity contribution in [2.75, 3.05) is 11.4 Å². The Morgan fingerprint density at radius 1 is 1.04 bits per heavy atom. The summed E-state index contributed by atoms with van der Waals surface area (Å²) in [5, 5.41) is 0.772. The average Bonchev–Trinajstić information content (AvgIpc) is 2.97. The minimum Gasteiger partial charge on any atom is -0.356 e. The molecule has 3 aromatic rings. The van der Waals surface area contributed by atoms with Crippen LogP contribution in [0.1, 0.15) is 12.0 Å². The van der Waals surface area contributed by atoms with E-state index in [2.05, 4.69) is 39.1 Å². The zero-order valence-electron chi connectivity index (χ0n) is 13.7. The van der Waals surface area contributed by atoms with Gasteiger partial charge in [0.25, 0.3) is 0 Å². The first-order valence-electron chi connectivity index (χ1n) is 8.18. The van der Waals surface area contributed by atoms with E-state index < -0.39 is 0 Å². The molecule has 1 saturated heterocycles. The second-order valence-electron chi connectivity index (χ2n) is 6.29. The van der Waals surface area contributed by atoms with Crippen LogP contribution < -0.4 is 10.6 Å². The second kappa shape index (κ2) is 7.56. The number of fused-ring (bicyclic) bond motifs is 1. The standard InChI is InChI=1S/C19H19ClN4.ClH/c20-15-3-1-13(2-4-15)11-14-7-10-24(19(14)21)16-5-6-17-18(12-16)23-9-8-22-17;/h1-6,8-9,12,14,19H,7,10-11,21H2;1H. The van der Waals surface area contributed by atoms with Gasteiger partial charge in [-0.2, -0.15) is 0 Å². The van der Waals surface area contributed by atoms with Crippen LogP contribution in [-0.4, -0.2) is 22.7 Å². The zero-order chi connectivity index (χ0) is 16.5. The lowest BCUT2D eigenvalue weighted by molar-refractivity contribution is 0.479. The van der Waals surface area contributed by atoms with Crippen LogP contribution in [0.25, 0.3) is 11.0 Å². The summed E-state index contributed by atoms with van der Waals surface area (Å²) >= 11 is 5.96. The quantitative estimate of drug-likeness (QED) is 0.750. The third-order valence-electron chi connectivity index (χ3n) is 4.78. The van der Waals surface area contributed by atoms with E-state index in [1.807, 2.05) is 18.2 Å². The number of nitrogens with two attached hydrogens (primary N) is 1. The Bertz CT molecular complexity index is 853. The van der Waals surface area contributed by atoms with Gasteiger partial charge < -0.3 is 10.6 Å². The van der Waals surface area contributed by atoms with Gasteiger partial charge in [0, 0.05) is 29.6 Å². The molecule has 0 radical (unpaired) electrons. The number of nitrogens with zero attached hydrogens (tertiary/aromatic N) is 3. The highest BCUT2D eigenvalue weighted by atomic mass is 35.5. The lowest BCUT2D eigenvalue weighted by Gasteiger charge is -2.26. The fourth-order valence-electron chi connectivity index (χ4n) is 3.46. The maximum atomic E-state index is 6.54. The number of hydrogen-bond donors (Lipinski definition) is 1. The maximum absolute atomic E-state index is 6.54. The maximum Gasteiger partial charge on any atom is 0.0907 e. The Morgan fingerprint density at radius 2 is 1.76 bits per heavy atom. The largest absolute Gasteiger partial charge is 0.356 e. The van der Waals surface area contributed by atoms with Crippen molar-refractivity contribution < 1.29 is 0 Å². The summed E-state index contributed by atoms with van der Waals surface area (Å²) in [6, 6.07) is 14.2. The zero-order valence-corrected chi connectivity index (χ0v) is 15.2. The molecule has 2 unspecified atom stereocenters. The third-order valence-corrected chi connectivity index (χ3v) is 5.03. The Balaban J connectivity index is 0.00000182. The highest BCUT2D eigenvalue weighted by Crippen LogP contribution is 2.31. The molecule has 0 aliphatic carbocycles. The van der Waals surface area contributed by atoms with Gasteiger partial charge in [-0.25, -0.2) is 0 Å². The SMILES string of the molecule is Cl.NC1C(Cc2ccc(Cl)cc2)CCN1c1ccc2nccnc2c1. The van der Waals surface area contributed by atoms with Crippen LogP contribution in [0.4, 0.5) is 5.69 Å². The lowest BCUT2D eigenvalue weighted by atomic mass is 9.96. The molecule has 2 N–H and O–H groups in total. The number of halogens is 2. The number of hydrogen-bond acceptors (Lipinski definition) is 4. The third kappa shape index (κ3) is 3.71. The van der Waals surface area contributed by atoms with Crippen molar-refractivity contribution >= 4 is 40.7 Å². The minimum absolute atomic E-state index is 0. The Kier molecular flexibility index (Phi) is 5.42. The fraction of sp³-hybridized carbons (Fsp3) is 0.263. The normalized spacial score (nSPS) is 19.8. The van der Waals surface area contributed by atoms with Crippen molar-refractivity contribution in [2.24, 2.45) is 11.7 Å². The average molecular weight is 375 g/mol. The van der Waals surface area contributed by atoms with Crippen LogP contribution in [-0.2, 0) is 6.42 Å². The molecule has 2 heterocycles. The van der Waals surface area contributed by atoms with Gasteiger partial charge in [0.15, 0.2) is 0 Å². The molecule has 0 spiro atoms. The lowest BCUT2D eigenvalue weighted by Crippen LogP contribution is -2.41. The molecule has 1 aliphatic rings. The van der Waals surface area contributed by atoms with Gasteiger partial charge in [0.1, 0.15) is 0 Å². The van der Waals surface area contributed by atoms with E-state index in [1.165, 1.54) is 5.56 Å². The molecule has 0 amide bonds. The second-order valence-corrected chi connectivity index (χ2v) is 6.73. The van der Waals surface area contributed by atoms with E-state index >= 15 is 0 Å². The monoisotopic (exact) mass is 374 g/mol. The molecule has 130 valence electrons. The van der Waals surface area contributed by atoms with E-state index in [1.54, 1.807) is 12.4 Å². The molecule has 4 nitrogen and oxygen atoms in total. The molecule has 2 aromatic carbocycles. The molecule has 2 atom stereocenters. The first-order chi connectivity index (χ1) is 11.7. The molecule has 0 bridgehead atoms. The predicted octanol–water partition coefficient (Wildman–Crippen LogP) is 4.06. The van der Waals surface area contributed by atoms with Crippen molar-refractivity contribution in [1.29, 1.82) is 0 Å². The Morgan fingerprint density at radius 3 is 2.52 bits per heavy atom. The van der Waals surface area contributed by atoms with Gasteiger partial charge in [0.05, 0.1) is 17.2 Å². The molecule has 1 fully saturated rings. The van der Waals surface area contributed by atoms with Crippen LogP contribution in [0, 0.1) is 5.92 Å². The van der Waals surface area contributed by atoms with Gasteiger partial charge in [-0.3, -0.25) is 9.97 Å². The molecule has 6 heteroatoms. The van der Waals surface area contributed by atoms with E-state index in [0.29, 0.717) is 5.92 Å². The number of rotatable bonds is 3. The van der Waals surface area contributed by atoms with Crippen LogP contribution in [0.5, 0.6) is 0 Å². The van der Waals surface area contributed by atoms with Crippen LogP contribution in [0.3, 0.4) is 0 Å². The van der Waals surface area contributed by atoms with Crippen LogP contribution in [0.2, 0.25) is 5.02 Å². The molecular weight excluding hydrogens is 355 g/mol. The van der Waals surface area contributed by atoms with Crippen molar-refractivity contribution in [3.63, 3.8) is 0 Å². The summed E-state index contributed by atoms with van der Waals surface area (Å²) in [5.74, 6) is 0.434. The van der Waals surface area contributed by atoms with E-state index in [-0.39, 0.29) is 18.6 Å². The number of benzene rings is 2. The van der Waals surface area contributed by atoms with Gasteiger partial charge in [-0.15, -0.1) is 12.4 Å². The van der Waals surface area contributed by atoms with Crippen molar-refractivity contribution in [1.82, 2.24) is 9.97 Å². The predicted molar refractivity (Wildman–Crippen MR) is 105 cm³/mol. The number of aromatic nitrogens is 2. The first kappa shape index (κ1) is 17.9. The van der Waals surface area contributed by atoms with Gasteiger partial charge in [-0.1, -0.05) is 23.7 Å². The molecular formula is C19H20Cl2N4. The van der Waals surface area contributed by atoms with E-state index in [0.717, 1.165) is 41.1 Å². The van der Waals surface area contributed by atoms with E-state index in [4.69, 9.17) is 17.3 Å². The minimum atomic E-state index is 0. The Labute approximate surface area is 158 Å². The molecule has 4 rings (SSSR count). The highest BCUT2D eigenvalue weighted by molar-refractivity contribution is 6.30. The summed E-state index contributed by atoms with van der Waals surface area (Å²) in [7, 11) is 0. The summed E-state index contributed by atoms with van der Waals surface area (Å²) < 4.78 is 0. The first-order valence-corrected chi connectivity index (χ1v) is 8.56. The molecule has 1 aliphatic heterocycles. The molecule has 25 heavy (non-hydrogen) atoms. The smallest absolute Gasteiger partial charge is 0.0907 e. The van der Waals surface area contributed by atoms with Crippen LogP contribution >= 0.6 is 24.0 Å². The summed E-state index contributed by atoms with van der Waals surface area (Å²) in [5.41, 5.74) is 10.8. The van der Waals surface area contributed by atoms with Gasteiger partial charge in [0.2, 0.25) is 0 Å². The summed E-state index contributed by atoms with van der Waals surface area (Å²) in [6.45, 7) is 0.963. The van der Waals surface area contributed by atoms with Crippen molar-refractivity contribution in [2.45, 2.75) is 19.0 Å². The highest BCUT2D eigenvalue weighted by Gasteiger charge is 2.31. The fourth-order valence-corrected chi connectivity index (χ4v) is 3.58. The van der Waals surface area contributed by atoms with Crippen molar-refractivity contribution in [3.05, 3.63) is 65.4 Å². The topological polar surface area (TPSA) is 55.0 Å².